The van der Waals surface area contributed by atoms with Crippen LogP contribution in [0.5, 0.6) is 0 Å². The van der Waals surface area contributed by atoms with Crippen LogP contribution in [0, 0.1) is 21.4 Å². The van der Waals surface area contributed by atoms with Crippen LogP contribution in [0.25, 0.3) is 0 Å². The van der Waals surface area contributed by atoms with Crippen LogP contribution in [0.2, 0.25) is 0 Å². The lowest BCUT2D eigenvalue weighted by Gasteiger charge is -2.22. The Morgan fingerprint density at radius 3 is 2.90 bits per heavy atom. The molecule has 0 radical (unpaired) electrons. The van der Waals surface area contributed by atoms with Gasteiger partial charge in [-0.2, -0.15) is 5.26 Å². The fraction of sp³-hybridized carbons (Fsp3) is 0.538. The summed E-state index contributed by atoms with van der Waals surface area (Å²) in [7, 11) is 0. The van der Waals surface area contributed by atoms with Crippen molar-refractivity contribution >= 4 is 17.3 Å². The van der Waals surface area contributed by atoms with Crippen LogP contribution in [0.4, 0.5) is 17.3 Å². The number of hydrogen-bond acceptors (Lipinski definition) is 6. The molecule has 1 saturated carbocycles. The summed E-state index contributed by atoms with van der Waals surface area (Å²) in [5.74, 6) is 1.08. The van der Waals surface area contributed by atoms with Crippen molar-refractivity contribution in [3.05, 3.63) is 22.2 Å². The molecule has 0 aromatic carbocycles. The van der Waals surface area contributed by atoms with Crippen molar-refractivity contribution in [3.8, 4) is 6.07 Å². The molecule has 1 aliphatic rings. The van der Waals surface area contributed by atoms with Gasteiger partial charge in [0.15, 0.2) is 0 Å². The summed E-state index contributed by atoms with van der Waals surface area (Å²) >= 11 is 0. The maximum absolute atomic E-state index is 11.0. The van der Waals surface area contributed by atoms with E-state index in [9.17, 15) is 10.1 Å². The highest BCUT2D eigenvalue weighted by molar-refractivity contribution is 5.56. The Kier molecular flexibility index (Phi) is 4.35. The smallest absolute Gasteiger partial charge is 0.276 e. The molecule has 0 aliphatic heterocycles. The molecule has 106 valence electrons. The van der Waals surface area contributed by atoms with Gasteiger partial charge in [-0.05, 0) is 19.8 Å². The minimum Gasteiger partial charge on any atom is -0.370 e. The van der Waals surface area contributed by atoms with E-state index in [4.69, 9.17) is 5.26 Å². The summed E-state index contributed by atoms with van der Waals surface area (Å²) in [6, 6.07) is 5.38. The van der Waals surface area contributed by atoms with E-state index in [0.29, 0.717) is 37.2 Å². The lowest BCUT2D eigenvalue weighted by molar-refractivity contribution is -0.384. The molecule has 0 amide bonds. The molecule has 0 spiro atoms. The topological polar surface area (TPSA) is 95.1 Å². The molecule has 0 atom stereocenters. The van der Waals surface area contributed by atoms with Gasteiger partial charge in [0.1, 0.15) is 11.6 Å². The number of hydrogen-bond donors (Lipinski definition) is 1. The zero-order valence-electron chi connectivity index (χ0n) is 11.4. The monoisotopic (exact) mass is 275 g/mol. The molecule has 0 saturated heterocycles. The molecule has 0 unspecified atom stereocenters. The molecule has 7 nitrogen and oxygen atoms in total. The summed E-state index contributed by atoms with van der Waals surface area (Å²) in [5.41, 5.74) is 0.0218. The Balaban J connectivity index is 2.31. The molecule has 1 N–H and O–H groups in total. The first-order valence-electron chi connectivity index (χ1n) is 6.69. The van der Waals surface area contributed by atoms with Gasteiger partial charge in [-0.25, -0.2) is 4.98 Å². The normalized spacial score (nSPS) is 13.6. The number of nitro groups is 1. The van der Waals surface area contributed by atoms with Crippen molar-refractivity contribution in [2.24, 2.45) is 0 Å². The van der Waals surface area contributed by atoms with Gasteiger partial charge >= 0.3 is 0 Å². The third-order valence-corrected chi connectivity index (χ3v) is 3.11. The van der Waals surface area contributed by atoms with Crippen LogP contribution in [-0.2, 0) is 0 Å². The summed E-state index contributed by atoms with van der Waals surface area (Å²) < 4.78 is 0. The predicted octanol–water partition coefficient (Wildman–Crippen LogP) is 2.30. The number of aromatic nitrogens is 1. The molecule has 2 rings (SSSR count). The average molecular weight is 275 g/mol. The number of nitrogens with zero attached hydrogens (tertiary/aromatic N) is 4. The van der Waals surface area contributed by atoms with E-state index in [2.05, 4.69) is 16.4 Å². The van der Waals surface area contributed by atoms with Gasteiger partial charge in [-0.15, -0.1) is 0 Å². The van der Waals surface area contributed by atoms with E-state index in [1.807, 2.05) is 11.8 Å². The summed E-state index contributed by atoms with van der Waals surface area (Å²) in [5, 5.41) is 22.7. The van der Waals surface area contributed by atoms with Gasteiger partial charge in [0.25, 0.3) is 5.69 Å². The van der Waals surface area contributed by atoms with Crippen molar-refractivity contribution in [2.45, 2.75) is 32.2 Å². The molecule has 20 heavy (non-hydrogen) atoms. The second-order valence-corrected chi connectivity index (χ2v) is 4.69. The third-order valence-electron chi connectivity index (χ3n) is 3.11. The van der Waals surface area contributed by atoms with Gasteiger partial charge in [0.05, 0.1) is 29.5 Å². The molecule has 1 aliphatic carbocycles. The Labute approximate surface area is 117 Å². The van der Waals surface area contributed by atoms with Gasteiger partial charge in [-0.3, -0.25) is 10.1 Å². The van der Waals surface area contributed by atoms with Crippen LogP contribution >= 0.6 is 0 Å². The van der Waals surface area contributed by atoms with Crippen molar-refractivity contribution in [2.75, 3.05) is 23.3 Å². The van der Waals surface area contributed by atoms with Crippen molar-refractivity contribution in [1.29, 1.82) is 5.26 Å². The molecule has 1 heterocycles. The fourth-order valence-corrected chi connectivity index (χ4v) is 2.07. The van der Waals surface area contributed by atoms with E-state index in [0.717, 1.165) is 12.8 Å². The zero-order chi connectivity index (χ0) is 14.5. The summed E-state index contributed by atoms with van der Waals surface area (Å²) in [6.45, 7) is 3.12. The summed E-state index contributed by atoms with van der Waals surface area (Å²) in [4.78, 5) is 17.0. The van der Waals surface area contributed by atoms with Crippen LogP contribution in [-0.4, -0.2) is 29.0 Å². The van der Waals surface area contributed by atoms with E-state index in [-0.39, 0.29) is 5.69 Å². The van der Waals surface area contributed by atoms with Crippen LogP contribution in [0.15, 0.2) is 12.1 Å². The lowest BCUT2D eigenvalue weighted by Crippen LogP contribution is -2.27. The van der Waals surface area contributed by atoms with Gasteiger partial charge in [0, 0.05) is 19.1 Å². The Morgan fingerprint density at radius 2 is 2.35 bits per heavy atom. The predicted molar refractivity (Wildman–Crippen MR) is 75.7 cm³/mol. The Morgan fingerprint density at radius 1 is 1.60 bits per heavy atom. The molecule has 0 bridgehead atoms. The van der Waals surface area contributed by atoms with Crippen molar-refractivity contribution in [3.63, 3.8) is 0 Å². The van der Waals surface area contributed by atoms with Crippen LogP contribution < -0.4 is 10.2 Å². The maximum atomic E-state index is 11.0. The molecular formula is C13H17N5O2. The van der Waals surface area contributed by atoms with E-state index < -0.39 is 4.92 Å². The average Bonchev–Trinajstić information content (AvgIpc) is 3.24. The van der Waals surface area contributed by atoms with E-state index >= 15 is 0 Å². The Hall–Kier alpha value is -2.36. The number of rotatable bonds is 7. The number of nitrogens with one attached hydrogen (secondary N) is 1. The quantitative estimate of drug-likeness (QED) is 0.606. The maximum Gasteiger partial charge on any atom is 0.276 e. The van der Waals surface area contributed by atoms with E-state index in [1.54, 1.807) is 0 Å². The minimum atomic E-state index is -0.415. The fourth-order valence-electron chi connectivity index (χ4n) is 2.07. The Bertz CT molecular complexity index is 536. The molecule has 1 aromatic rings. The van der Waals surface area contributed by atoms with Crippen LogP contribution in [0.1, 0.15) is 26.2 Å². The largest absolute Gasteiger partial charge is 0.370 e. The minimum absolute atomic E-state index is 0.0218. The zero-order valence-corrected chi connectivity index (χ0v) is 11.4. The second-order valence-electron chi connectivity index (χ2n) is 4.69. The first-order chi connectivity index (χ1) is 9.65. The van der Waals surface area contributed by atoms with E-state index in [1.165, 1.54) is 12.1 Å². The van der Waals surface area contributed by atoms with Crippen LogP contribution in [0.3, 0.4) is 0 Å². The number of nitriles is 1. The SMILES string of the molecule is CCNc1cc([N+](=O)[O-])cc(N(CCC#N)C2CC2)n1. The molecule has 1 fully saturated rings. The number of pyridine rings is 1. The van der Waals surface area contributed by atoms with Gasteiger partial charge in [0.2, 0.25) is 0 Å². The van der Waals surface area contributed by atoms with Crippen molar-refractivity contribution in [1.82, 2.24) is 4.98 Å². The molecule has 1 aromatic heterocycles. The first-order valence-corrected chi connectivity index (χ1v) is 6.69. The number of anilines is 2. The summed E-state index contributed by atoms with van der Waals surface area (Å²) in [6.07, 6.45) is 2.48. The highest BCUT2D eigenvalue weighted by Gasteiger charge is 2.30. The molecule has 7 heteroatoms. The lowest BCUT2D eigenvalue weighted by atomic mass is 10.3. The van der Waals surface area contributed by atoms with Gasteiger partial charge < -0.3 is 10.2 Å². The third kappa shape index (κ3) is 3.35. The molecular weight excluding hydrogens is 258 g/mol. The second kappa shape index (κ2) is 6.19. The van der Waals surface area contributed by atoms with Crippen molar-refractivity contribution < 1.29 is 4.92 Å². The standard InChI is InChI=1S/C13H17N5O2/c1-2-15-12-8-11(18(19)20)9-13(16-12)17(7-3-6-14)10-4-5-10/h8-10H,2-5,7H2,1H3,(H,15,16). The highest BCUT2D eigenvalue weighted by Crippen LogP contribution is 2.33. The first kappa shape index (κ1) is 14.1. The highest BCUT2D eigenvalue weighted by atomic mass is 16.6. The van der Waals surface area contributed by atoms with Gasteiger partial charge in [-0.1, -0.05) is 0 Å².